The zero-order chi connectivity index (χ0) is 17.4. The number of carbonyl (C=O) groups is 1. The number of aromatic nitrogens is 2. The highest BCUT2D eigenvalue weighted by molar-refractivity contribution is 5.82. The highest BCUT2D eigenvalue weighted by atomic mass is 16.5. The van der Waals surface area contributed by atoms with Gasteiger partial charge in [-0.25, -0.2) is 4.98 Å². The fraction of sp³-hybridized carbons (Fsp3) is 0.500. The van der Waals surface area contributed by atoms with Crippen molar-refractivity contribution in [3.63, 3.8) is 0 Å². The molecule has 5 nitrogen and oxygen atoms in total. The van der Waals surface area contributed by atoms with Gasteiger partial charge in [-0.05, 0) is 24.5 Å². The quantitative estimate of drug-likeness (QED) is 0.863. The molecule has 3 heterocycles. The van der Waals surface area contributed by atoms with E-state index in [1.54, 1.807) is 0 Å². The third-order valence-corrected chi connectivity index (χ3v) is 5.24. The fourth-order valence-corrected chi connectivity index (χ4v) is 3.99. The SMILES string of the molecule is CC(C)c1nccn1[C@H]1CCCN(C(=O)[C@H]2Cc3ccccc3O2)C1. The second-order valence-electron chi connectivity index (χ2n) is 7.35. The number of hydrogen-bond donors (Lipinski definition) is 0. The van der Waals surface area contributed by atoms with Crippen molar-refractivity contribution in [2.24, 2.45) is 0 Å². The van der Waals surface area contributed by atoms with Crippen LogP contribution >= 0.6 is 0 Å². The molecule has 0 spiro atoms. The Bertz CT molecular complexity index is 743. The molecule has 2 aromatic rings. The molecule has 0 aliphatic carbocycles. The average Bonchev–Trinajstić information content (AvgIpc) is 3.28. The smallest absolute Gasteiger partial charge is 0.264 e. The molecule has 5 heteroatoms. The lowest BCUT2D eigenvalue weighted by Gasteiger charge is -2.35. The normalized spacial score (nSPS) is 22.8. The number of benzene rings is 1. The lowest BCUT2D eigenvalue weighted by Crippen LogP contribution is -2.46. The molecule has 25 heavy (non-hydrogen) atoms. The van der Waals surface area contributed by atoms with Gasteiger partial charge in [0.2, 0.25) is 0 Å². The summed E-state index contributed by atoms with van der Waals surface area (Å²) in [5, 5.41) is 0. The summed E-state index contributed by atoms with van der Waals surface area (Å²) in [6.07, 6.45) is 6.34. The summed E-state index contributed by atoms with van der Waals surface area (Å²) in [7, 11) is 0. The number of carbonyl (C=O) groups excluding carboxylic acids is 1. The molecular weight excluding hydrogens is 314 g/mol. The molecule has 0 saturated carbocycles. The second-order valence-corrected chi connectivity index (χ2v) is 7.35. The van der Waals surface area contributed by atoms with Crippen molar-refractivity contribution in [2.45, 2.75) is 51.2 Å². The molecule has 132 valence electrons. The van der Waals surface area contributed by atoms with Gasteiger partial charge in [0, 0.05) is 37.8 Å². The van der Waals surface area contributed by atoms with Crippen LogP contribution in [0.4, 0.5) is 0 Å². The Labute approximate surface area is 148 Å². The summed E-state index contributed by atoms with van der Waals surface area (Å²) in [6.45, 7) is 5.88. The van der Waals surface area contributed by atoms with E-state index in [-0.39, 0.29) is 12.0 Å². The van der Waals surface area contributed by atoms with Crippen molar-refractivity contribution in [1.82, 2.24) is 14.5 Å². The zero-order valence-corrected chi connectivity index (χ0v) is 14.9. The Morgan fingerprint density at radius 1 is 1.32 bits per heavy atom. The molecule has 1 amide bonds. The van der Waals surface area contributed by atoms with Gasteiger partial charge in [-0.3, -0.25) is 4.79 Å². The largest absolute Gasteiger partial charge is 0.480 e. The number of likely N-dealkylation sites (tertiary alicyclic amines) is 1. The summed E-state index contributed by atoms with van der Waals surface area (Å²) in [5.41, 5.74) is 1.13. The van der Waals surface area contributed by atoms with Crippen LogP contribution in [0.2, 0.25) is 0 Å². The van der Waals surface area contributed by atoms with E-state index in [1.807, 2.05) is 35.4 Å². The summed E-state index contributed by atoms with van der Waals surface area (Å²) in [5.74, 6) is 2.45. The van der Waals surface area contributed by atoms with Crippen molar-refractivity contribution < 1.29 is 9.53 Å². The second kappa shape index (κ2) is 6.54. The van der Waals surface area contributed by atoms with Crippen molar-refractivity contribution in [2.75, 3.05) is 13.1 Å². The van der Waals surface area contributed by atoms with Crippen LogP contribution in [0.25, 0.3) is 0 Å². The molecule has 1 aromatic carbocycles. The third kappa shape index (κ3) is 3.03. The van der Waals surface area contributed by atoms with Crippen molar-refractivity contribution >= 4 is 5.91 Å². The topological polar surface area (TPSA) is 47.4 Å². The van der Waals surface area contributed by atoms with Gasteiger partial charge < -0.3 is 14.2 Å². The molecule has 4 rings (SSSR count). The Kier molecular flexibility index (Phi) is 4.24. The van der Waals surface area contributed by atoms with Crippen LogP contribution < -0.4 is 4.74 Å². The summed E-state index contributed by atoms with van der Waals surface area (Å²) < 4.78 is 8.16. The number of piperidine rings is 1. The van der Waals surface area contributed by atoms with E-state index < -0.39 is 0 Å². The summed E-state index contributed by atoms with van der Waals surface area (Å²) in [4.78, 5) is 19.5. The standard InChI is InChI=1S/C20H25N3O2/c1-14(2)19-21-9-11-23(19)16-7-5-10-22(13-16)20(24)18-12-15-6-3-4-8-17(15)25-18/h3-4,6,8-9,11,14,16,18H,5,7,10,12-13H2,1-2H3/t16-,18+/m0/s1. The molecule has 1 aromatic heterocycles. The van der Waals surface area contributed by atoms with Gasteiger partial charge in [0.05, 0.1) is 6.04 Å². The molecule has 2 aliphatic heterocycles. The minimum atomic E-state index is -0.372. The first-order valence-corrected chi connectivity index (χ1v) is 9.19. The van der Waals surface area contributed by atoms with Crippen LogP contribution in [0.5, 0.6) is 5.75 Å². The number of fused-ring (bicyclic) bond motifs is 1. The van der Waals surface area contributed by atoms with E-state index in [9.17, 15) is 4.79 Å². The van der Waals surface area contributed by atoms with E-state index in [4.69, 9.17) is 4.74 Å². The van der Waals surface area contributed by atoms with Gasteiger partial charge in [0.25, 0.3) is 5.91 Å². The summed E-state index contributed by atoms with van der Waals surface area (Å²) >= 11 is 0. The molecule has 0 N–H and O–H groups in total. The van der Waals surface area contributed by atoms with E-state index in [0.29, 0.717) is 18.4 Å². The third-order valence-electron chi connectivity index (χ3n) is 5.24. The number of imidazole rings is 1. The maximum atomic E-state index is 13.0. The van der Waals surface area contributed by atoms with Gasteiger partial charge in [-0.1, -0.05) is 32.0 Å². The Morgan fingerprint density at radius 2 is 2.16 bits per heavy atom. The van der Waals surface area contributed by atoms with Crippen LogP contribution in [-0.2, 0) is 11.2 Å². The van der Waals surface area contributed by atoms with Gasteiger partial charge in [0.1, 0.15) is 11.6 Å². The Morgan fingerprint density at radius 3 is 2.96 bits per heavy atom. The zero-order valence-electron chi connectivity index (χ0n) is 14.9. The Balaban J connectivity index is 1.47. The van der Waals surface area contributed by atoms with Gasteiger partial charge in [0.15, 0.2) is 6.10 Å². The van der Waals surface area contributed by atoms with Crippen molar-refractivity contribution in [3.05, 3.63) is 48.0 Å². The first-order valence-electron chi connectivity index (χ1n) is 9.19. The molecular formula is C20H25N3O2. The van der Waals surface area contributed by atoms with Crippen LogP contribution in [0.3, 0.4) is 0 Å². The number of hydrogen-bond acceptors (Lipinski definition) is 3. The molecule has 0 unspecified atom stereocenters. The van der Waals surface area contributed by atoms with E-state index in [1.165, 1.54) is 0 Å². The summed E-state index contributed by atoms with van der Waals surface area (Å²) in [6, 6.07) is 8.25. The lowest BCUT2D eigenvalue weighted by atomic mass is 10.0. The van der Waals surface area contributed by atoms with E-state index in [0.717, 1.165) is 43.1 Å². The van der Waals surface area contributed by atoms with Gasteiger partial charge >= 0.3 is 0 Å². The molecule has 0 bridgehead atoms. The molecule has 1 fully saturated rings. The monoisotopic (exact) mass is 339 g/mol. The highest BCUT2D eigenvalue weighted by Crippen LogP contribution is 2.31. The minimum Gasteiger partial charge on any atom is -0.480 e. The molecule has 2 atom stereocenters. The Hall–Kier alpha value is -2.30. The van der Waals surface area contributed by atoms with Crippen molar-refractivity contribution in [1.29, 1.82) is 0 Å². The van der Waals surface area contributed by atoms with Gasteiger partial charge in [-0.2, -0.15) is 0 Å². The number of para-hydroxylation sites is 1. The lowest BCUT2D eigenvalue weighted by molar-refractivity contribution is -0.139. The molecule has 1 saturated heterocycles. The highest BCUT2D eigenvalue weighted by Gasteiger charge is 2.35. The number of amides is 1. The van der Waals surface area contributed by atoms with Crippen LogP contribution in [-0.4, -0.2) is 39.6 Å². The van der Waals surface area contributed by atoms with E-state index >= 15 is 0 Å². The molecule has 2 aliphatic rings. The van der Waals surface area contributed by atoms with Gasteiger partial charge in [-0.15, -0.1) is 0 Å². The fourth-order valence-electron chi connectivity index (χ4n) is 3.99. The van der Waals surface area contributed by atoms with Crippen LogP contribution in [0.15, 0.2) is 36.7 Å². The van der Waals surface area contributed by atoms with Crippen LogP contribution in [0.1, 0.15) is 50.0 Å². The minimum absolute atomic E-state index is 0.118. The number of rotatable bonds is 3. The predicted octanol–water partition coefficient (Wildman–Crippen LogP) is 3.17. The van der Waals surface area contributed by atoms with Crippen LogP contribution in [0, 0.1) is 0 Å². The molecule has 0 radical (unpaired) electrons. The number of nitrogens with zero attached hydrogens (tertiary/aromatic N) is 3. The first-order chi connectivity index (χ1) is 12.1. The van der Waals surface area contributed by atoms with E-state index in [2.05, 4.69) is 29.6 Å². The predicted molar refractivity (Wildman–Crippen MR) is 95.7 cm³/mol. The maximum absolute atomic E-state index is 13.0. The van der Waals surface area contributed by atoms with Crippen molar-refractivity contribution in [3.8, 4) is 5.75 Å². The number of ether oxygens (including phenoxy) is 1. The maximum Gasteiger partial charge on any atom is 0.264 e. The average molecular weight is 339 g/mol. The first kappa shape index (κ1) is 16.2.